The van der Waals surface area contributed by atoms with Crippen LogP contribution in [0.1, 0.15) is 25.7 Å². The average molecular weight is 292 g/mol. The monoisotopic (exact) mass is 291 g/mol. The highest BCUT2D eigenvalue weighted by atomic mass is 35.5. The van der Waals surface area contributed by atoms with Crippen molar-refractivity contribution >= 4 is 36.4 Å². The smallest absolute Gasteiger partial charge is 0.224 e. The summed E-state index contributed by atoms with van der Waals surface area (Å²) >= 11 is 0. The van der Waals surface area contributed by atoms with Crippen LogP contribution >= 0.6 is 24.8 Å². The molecular formula is C12H19Cl2N3O. The van der Waals surface area contributed by atoms with E-state index in [1.165, 1.54) is 12.8 Å². The van der Waals surface area contributed by atoms with Gasteiger partial charge in [0, 0.05) is 18.7 Å². The number of pyridine rings is 1. The summed E-state index contributed by atoms with van der Waals surface area (Å²) in [5.41, 5.74) is 0.770. The number of hydrogen-bond acceptors (Lipinski definition) is 3. The number of hydrogen-bond donors (Lipinski definition) is 2. The summed E-state index contributed by atoms with van der Waals surface area (Å²) in [5.74, 6) is 0.0710. The minimum absolute atomic E-state index is 0. The maximum absolute atomic E-state index is 11.6. The van der Waals surface area contributed by atoms with Crippen LogP contribution < -0.4 is 10.6 Å². The van der Waals surface area contributed by atoms with E-state index in [1.54, 1.807) is 12.4 Å². The third-order valence-corrected chi connectivity index (χ3v) is 2.83. The van der Waals surface area contributed by atoms with Crippen LogP contribution in [0.3, 0.4) is 0 Å². The van der Waals surface area contributed by atoms with E-state index in [0.29, 0.717) is 12.5 Å². The fourth-order valence-electron chi connectivity index (χ4n) is 1.97. The number of aromatic nitrogens is 1. The van der Waals surface area contributed by atoms with Crippen LogP contribution in [0, 0.1) is 0 Å². The third-order valence-electron chi connectivity index (χ3n) is 2.83. The molecule has 1 amide bonds. The van der Waals surface area contributed by atoms with E-state index in [9.17, 15) is 4.79 Å². The number of halogens is 2. The van der Waals surface area contributed by atoms with Gasteiger partial charge >= 0.3 is 0 Å². The highest BCUT2D eigenvalue weighted by molar-refractivity contribution is 5.90. The Bertz CT molecular complexity index is 342. The summed E-state index contributed by atoms with van der Waals surface area (Å²) in [6, 6.07) is 4.19. The Hall–Kier alpha value is -0.840. The van der Waals surface area contributed by atoms with E-state index in [4.69, 9.17) is 0 Å². The van der Waals surface area contributed by atoms with Crippen molar-refractivity contribution in [2.45, 2.75) is 31.7 Å². The van der Waals surface area contributed by atoms with Crippen LogP contribution in [-0.2, 0) is 4.79 Å². The zero-order valence-corrected chi connectivity index (χ0v) is 11.7. The van der Waals surface area contributed by atoms with Gasteiger partial charge in [0.15, 0.2) is 0 Å². The minimum Gasteiger partial charge on any atom is -0.325 e. The van der Waals surface area contributed by atoms with Crippen molar-refractivity contribution in [1.29, 1.82) is 0 Å². The lowest BCUT2D eigenvalue weighted by molar-refractivity contribution is -0.116. The molecule has 1 fully saturated rings. The molecule has 1 unspecified atom stereocenters. The molecule has 102 valence electrons. The first-order valence-corrected chi connectivity index (χ1v) is 5.78. The lowest BCUT2D eigenvalue weighted by Crippen LogP contribution is -2.23. The third kappa shape index (κ3) is 5.67. The number of carbonyl (C=O) groups excluding carboxylic acids is 1. The zero-order chi connectivity index (χ0) is 11.2. The average Bonchev–Trinajstić information content (AvgIpc) is 2.81. The molecule has 1 saturated heterocycles. The molecule has 0 saturated carbocycles. The summed E-state index contributed by atoms with van der Waals surface area (Å²) in [7, 11) is 0. The van der Waals surface area contributed by atoms with Gasteiger partial charge in [0.2, 0.25) is 5.91 Å². The van der Waals surface area contributed by atoms with Crippen molar-refractivity contribution in [2.24, 2.45) is 0 Å². The Labute approximate surface area is 120 Å². The molecule has 0 radical (unpaired) electrons. The van der Waals surface area contributed by atoms with Crippen molar-refractivity contribution in [3.63, 3.8) is 0 Å². The molecule has 2 rings (SSSR count). The summed E-state index contributed by atoms with van der Waals surface area (Å²) in [5, 5.41) is 6.22. The van der Waals surface area contributed by atoms with Gasteiger partial charge in [-0.1, -0.05) is 0 Å². The Kier molecular flexibility index (Phi) is 8.71. The van der Waals surface area contributed by atoms with Gasteiger partial charge in [-0.3, -0.25) is 9.78 Å². The topological polar surface area (TPSA) is 54.0 Å². The second-order valence-electron chi connectivity index (χ2n) is 4.12. The quantitative estimate of drug-likeness (QED) is 0.896. The Balaban J connectivity index is 0.00000144. The first-order chi connectivity index (χ1) is 7.84. The first-order valence-electron chi connectivity index (χ1n) is 5.78. The molecule has 18 heavy (non-hydrogen) atoms. The fourth-order valence-corrected chi connectivity index (χ4v) is 1.97. The van der Waals surface area contributed by atoms with Crippen LogP contribution in [0.15, 0.2) is 24.5 Å². The van der Waals surface area contributed by atoms with Crippen LogP contribution in [0.5, 0.6) is 0 Å². The molecule has 1 aliphatic rings. The predicted octanol–water partition coefficient (Wildman–Crippen LogP) is 2.40. The maximum Gasteiger partial charge on any atom is 0.224 e. The van der Waals surface area contributed by atoms with Crippen molar-refractivity contribution in [2.75, 3.05) is 11.9 Å². The van der Waals surface area contributed by atoms with Gasteiger partial charge in [-0.2, -0.15) is 0 Å². The normalized spacial score (nSPS) is 17.4. The van der Waals surface area contributed by atoms with E-state index in [2.05, 4.69) is 15.6 Å². The molecule has 1 aliphatic heterocycles. The summed E-state index contributed by atoms with van der Waals surface area (Å²) in [6.45, 7) is 1.09. The highest BCUT2D eigenvalue weighted by Gasteiger charge is 2.15. The van der Waals surface area contributed by atoms with Crippen LogP contribution in [0.2, 0.25) is 0 Å². The molecule has 1 atom stereocenters. The predicted molar refractivity (Wildman–Crippen MR) is 77.6 cm³/mol. The first kappa shape index (κ1) is 17.2. The summed E-state index contributed by atoms with van der Waals surface area (Å²) in [6.07, 6.45) is 7.28. The van der Waals surface area contributed by atoms with Crippen LogP contribution in [-0.4, -0.2) is 23.5 Å². The lowest BCUT2D eigenvalue weighted by atomic mass is 10.1. The fraction of sp³-hybridized carbons (Fsp3) is 0.500. The molecular weight excluding hydrogens is 273 g/mol. The van der Waals surface area contributed by atoms with E-state index in [-0.39, 0.29) is 30.7 Å². The molecule has 2 heterocycles. The van der Waals surface area contributed by atoms with Gasteiger partial charge in [-0.15, -0.1) is 24.8 Å². The summed E-state index contributed by atoms with van der Waals surface area (Å²) in [4.78, 5) is 15.6. The van der Waals surface area contributed by atoms with E-state index in [1.807, 2.05) is 12.1 Å². The Morgan fingerprint density at radius 2 is 2.33 bits per heavy atom. The van der Waals surface area contributed by atoms with Crippen molar-refractivity contribution < 1.29 is 4.79 Å². The molecule has 0 bridgehead atoms. The van der Waals surface area contributed by atoms with Crippen molar-refractivity contribution in [1.82, 2.24) is 10.3 Å². The molecule has 4 nitrogen and oxygen atoms in total. The molecule has 0 spiro atoms. The number of anilines is 1. The zero-order valence-electron chi connectivity index (χ0n) is 10.1. The molecule has 1 aromatic rings. The van der Waals surface area contributed by atoms with Gasteiger partial charge in [-0.25, -0.2) is 0 Å². The Morgan fingerprint density at radius 1 is 1.50 bits per heavy atom. The SMILES string of the molecule is Cl.Cl.O=C(CCC1CCCN1)Nc1cccnc1. The van der Waals surface area contributed by atoms with E-state index >= 15 is 0 Å². The molecule has 2 N–H and O–H groups in total. The van der Waals surface area contributed by atoms with Crippen molar-refractivity contribution in [3.05, 3.63) is 24.5 Å². The Morgan fingerprint density at radius 3 is 2.94 bits per heavy atom. The molecule has 0 aromatic carbocycles. The maximum atomic E-state index is 11.6. The number of nitrogens with zero attached hydrogens (tertiary/aromatic N) is 1. The van der Waals surface area contributed by atoms with Crippen molar-refractivity contribution in [3.8, 4) is 0 Å². The molecule has 6 heteroatoms. The minimum atomic E-state index is 0. The largest absolute Gasteiger partial charge is 0.325 e. The second-order valence-corrected chi connectivity index (χ2v) is 4.12. The van der Waals surface area contributed by atoms with Gasteiger partial charge in [0.25, 0.3) is 0 Å². The number of carbonyl (C=O) groups is 1. The van der Waals surface area contributed by atoms with E-state index < -0.39 is 0 Å². The standard InChI is InChI=1S/C12H17N3O.2ClH/c16-12(6-5-10-3-2-8-14-10)15-11-4-1-7-13-9-11;;/h1,4,7,9-10,14H,2-3,5-6,8H2,(H,15,16);2*1H. The van der Waals surface area contributed by atoms with E-state index in [0.717, 1.165) is 18.7 Å². The molecule has 1 aromatic heterocycles. The van der Waals surface area contributed by atoms with Gasteiger partial charge < -0.3 is 10.6 Å². The lowest BCUT2D eigenvalue weighted by Gasteiger charge is -2.09. The summed E-state index contributed by atoms with van der Waals surface area (Å²) < 4.78 is 0. The van der Waals surface area contributed by atoms with Gasteiger partial charge in [0.1, 0.15) is 0 Å². The van der Waals surface area contributed by atoms with Gasteiger partial charge in [-0.05, 0) is 37.9 Å². The van der Waals surface area contributed by atoms with Gasteiger partial charge in [0.05, 0.1) is 11.9 Å². The van der Waals surface area contributed by atoms with Crippen LogP contribution in [0.25, 0.3) is 0 Å². The molecule has 0 aliphatic carbocycles. The number of rotatable bonds is 4. The number of amides is 1. The highest BCUT2D eigenvalue weighted by Crippen LogP contribution is 2.11. The second kappa shape index (κ2) is 9.14. The number of nitrogens with one attached hydrogen (secondary N) is 2. The van der Waals surface area contributed by atoms with Crippen LogP contribution in [0.4, 0.5) is 5.69 Å².